The maximum atomic E-state index is 6.11. The largest absolute Gasteiger partial charge is 0.315 e. The fourth-order valence-electron chi connectivity index (χ4n) is 2.83. The van der Waals surface area contributed by atoms with E-state index in [1.165, 1.54) is 5.56 Å². The summed E-state index contributed by atoms with van der Waals surface area (Å²) in [7, 11) is 6.42. The number of nitrogens with one attached hydrogen (secondary N) is 1. The van der Waals surface area contributed by atoms with Crippen LogP contribution >= 0.6 is 23.2 Å². The molecule has 1 saturated heterocycles. The number of likely N-dealkylation sites (N-methyl/N-ethyl adjacent to an activating group) is 3. The lowest BCUT2D eigenvalue weighted by Gasteiger charge is -2.42. The van der Waals surface area contributed by atoms with Crippen LogP contribution in [0.4, 0.5) is 0 Å². The number of halogens is 2. The van der Waals surface area contributed by atoms with Gasteiger partial charge in [-0.3, -0.25) is 4.90 Å². The Morgan fingerprint density at radius 2 is 2.00 bits per heavy atom. The minimum Gasteiger partial charge on any atom is -0.315 e. The van der Waals surface area contributed by atoms with Gasteiger partial charge >= 0.3 is 0 Å². The van der Waals surface area contributed by atoms with Crippen LogP contribution in [0, 0.1) is 0 Å². The lowest BCUT2D eigenvalue weighted by atomic mass is 9.97. The maximum absolute atomic E-state index is 6.11. The third kappa shape index (κ3) is 3.86. The Balaban J connectivity index is 2.09. The first kappa shape index (κ1) is 16.1. The standard InChI is InChI=1S/C15H23Cl2N3/c1-18-14(15-10-19(2)6-7-20(15)3)9-11-4-5-12(16)13(17)8-11/h4-5,8,14-15,18H,6-7,9-10H2,1-3H3. The van der Waals surface area contributed by atoms with Crippen molar-refractivity contribution in [1.82, 2.24) is 15.1 Å². The van der Waals surface area contributed by atoms with E-state index in [-0.39, 0.29) is 0 Å². The van der Waals surface area contributed by atoms with E-state index >= 15 is 0 Å². The molecule has 1 N–H and O–H groups in total. The minimum absolute atomic E-state index is 0.403. The molecule has 0 aliphatic carbocycles. The topological polar surface area (TPSA) is 18.5 Å². The van der Waals surface area contributed by atoms with Crippen molar-refractivity contribution >= 4 is 23.2 Å². The summed E-state index contributed by atoms with van der Waals surface area (Å²) in [6.07, 6.45) is 0.955. The Kier molecular flexibility index (Phi) is 5.70. The summed E-state index contributed by atoms with van der Waals surface area (Å²) in [5.74, 6) is 0. The smallest absolute Gasteiger partial charge is 0.0595 e. The zero-order chi connectivity index (χ0) is 14.7. The van der Waals surface area contributed by atoms with Crippen LogP contribution in [-0.2, 0) is 6.42 Å². The number of hydrogen-bond donors (Lipinski definition) is 1. The molecule has 1 aliphatic heterocycles. The van der Waals surface area contributed by atoms with E-state index in [1.807, 2.05) is 19.2 Å². The molecule has 0 radical (unpaired) electrons. The second-order valence-corrected chi connectivity index (χ2v) is 6.47. The Morgan fingerprint density at radius 3 is 2.65 bits per heavy atom. The van der Waals surface area contributed by atoms with Crippen molar-refractivity contribution in [2.24, 2.45) is 0 Å². The molecule has 2 atom stereocenters. The first-order chi connectivity index (χ1) is 9.51. The summed E-state index contributed by atoms with van der Waals surface area (Å²) >= 11 is 12.1. The van der Waals surface area contributed by atoms with Crippen molar-refractivity contribution < 1.29 is 0 Å². The number of rotatable bonds is 4. The Bertz CT molecular complexity index is 453. The molecule has 0 aromatic heterocycles. The van der Waals surface area contributed by atoms with Gasteiger partial charge in [-0.15, -0.1) is 0 Å². The summed E-state index contributed by atoms with van der Waals surface area (Å²) in [5.41, 5.74) is 1.22. The van der Waals surface area contributed by atoms with Crippen LogP contribution < -0.4 is 5.32 Å². The van der Waals surface area contributed by atoms with E-state index in [4.69, 9.17) is 23.2 Å². The molecule has 5 heteroatoms. The van der Waals surface area contributed by atoms with E-state index in [9.17, 15) is 0 Å². The normalized spacial score (nSPS) is 22.9. The van der Waals surface area contributed by atoms with Crippen molar-refractivity contribution in [3.63, 3.8) is 0 Å². The first-order valence-electron chi connectivity index (χ1n) is 7.01. The fraction of sp³-hybridized carbons (Fsp3) is 0.600. The highest BCUT2D eigenvalue weighted by molar-refractivity contribution is 6.42. The summed E-state index contributed by atoms with van der Waals surface area (Å²) in [4.78, 5) is 4.84. The number of piperazine rings is 1. The van der Waals surface area contributed by atoms with Gasteiger partial charge in [0.05, 0.1) is 10.0 Å². The van der Waals surface area contributed by atoms with Crippen LogP contribution in [0.1, 0.15) is 5.56 Å². The predicted molar refractivity (Wildman–Crippen MR) is 86.9 cm³/mol. The Labute approximate surface area is 131 Å². The minimum atomic E-state index is 0.403. The average Bonchev–Trinajstić information content (AvgIpc) is 2.43. The monoisotopic (exact) mass is 315 g/mol. The Morgan fingerprint density at radius 1 is 1.25 bits per heavy atom. The molecule has 1 fully saturated rings. The number of hydrogen-bond acceptors (Lipinski definition) is 3. The highest BCUT2D eigenvalue weighted by atomic mass is 35.5. The van der Waals surface area contributed by atoms with Crippen LogP contribution in [0.25, 0.3) is 0 Å². The molecule has 2 unspecified atom stereocenters. The van der Waals surface area contributed by atoms with Gasteiger partial charge in [0.1, 0.15) is 0 Å². The summed E-state index contributed by atoms with van der Waals surface area (Å²) in [6.45, 7) is 3.33. The van der Waals surface area contributed by atoms with Crippen LogP contribution in [-0.4, -0.2) is 62.7 Å². The molecule has 2 rings (SSSR count). The van der Waals surface area contributed by atoms with Gasteiger partial charge < -0.3 is 10.2 Å². The van der Waals surface area contributed by atoms with E-state index in [0.717, 1.165) is 26.1 Å². The van der Waals surface area contributed by atoms with E-state index in [1.54, 1.807) is 0 Å². The van der Waals surface area contributed by atoms with E-state index in [0.29, 0.717) is 22.1 Å². The van der Waals surface area contributed by atoms with Gasteiger partial charge in [0.15, 0.2) is 0 Å². The highest BCUT2D eigenvalue weighted by Crippen LogP contribution is 2.24. The predicted octanol–water partition coefficient (Wildman–Crippen LogP) is 2.37. The van der Waals surface area contributed by atoms with E-state index < -0.39 is 0 Å². The number of benzene rings is 1. The van der Waals surface area contributed by atoms with Crippen LogP contribution in [0.3, 0.4) is 0 Å². The molecule has 20 heavy (non-hydrogen) atoms. The zero-order valence-electron chi connectivity index (χ0n) is 12.4. The summed E-state index contributed by atoms with van der Waals surface area (Å²) in [5, 5.41) is 4.71. The Hall–Kier alpha value is -0.320. The molecule has 1 aromatic rings. The summed E-state index contributed by atoms with van der Waals surface area (Å²) < 4.78 is 0. The lowest BCUT2D eigenvalue weighted by Crippen LogP contribution is -2.58. The molecule has 0 amide bonds. The van der Waals surface area contributed by atoms with Gasteiger partial charge in [-0.1, -0.05) is 29.3 Å². The van der Waals surface area contributed by atoms with Gasteiger partial charge in [0, 0.05) is 31.7 Å². The highest BCUT2D eigenvalue weighted by Gasteiger charge is 2.28. The molecule has 0 saturated carbocycles. The van der Waals surface area contributed by atoms with Crippen molar-refractivity contribution in [3.05, 3.63) is 33.8 Å². The zero-order valence-corrected chi connectivity index (χ0v) is 13.9. The third-order valence-electron chi connectivity index (χ3n) is 4.17. The van der Waals surface area contributed by atoms with Crippen LogP contribution in [0.5, 0.6) is 0 Å². The van der Waals surface area contributed by atoms with Crippen molar-refractivity contribution in [3.8, 4) is 0 Å². The second-order valence-electron chi connectivity index (χ2n) is 5.66. The van der Waals surface area contributed by atoms with Gasteiger partial charge in [0.2, 0.25) is 0 Å². The van der Waals surface area contributed by atoms with Crippen molar-refractivity contribution in [1.29, 1.82) is 0 Å². The fourth-order valence-corrected chi connectivity index (χ4v) is 3.15. The molecule has 0 spiro atoms. The van der Waals surface area contributed by atoms with Crippen LogP contribution in [0.2, 0.25) is 10.0 Å². The molecule has 1 heterocycles. The average molecular weight is 316 g/mol. The molecular formula is C15H23Cl2N3. The quantitative estimate of drug-likeness (QED) is 0.920. The first-order valence-corrected chi connectivity index (χ1v) is 7.77. The van der Waals surface area contributed by atoms with Gasteiger partial charge in [-0.2, -0.15) is 0 Å². The molecule has 112 valence electrons. The summed E-state index contributed by atoms with van der Waals surface area (Å²) in [6, 6.07) is 6.82. The molecule has 0 bridgehead atoms. The SMILES string of the molecule is CNC(Cc1ccc(Cl)c(Cl)c1)C1CN(C)CCN1C. The lowest BCUT2D eigenvalue weighted by molar-refractivity contribution is 0.0897. The van der Waals surface area contributed by atoms with Gasteiger partial charge in [-0.05, 0) is 45.3 Å². The second kappa shape index (κ2) is 7.10. The molecular weight excluding hydrogens is 293 g/mol. The number of nitrogens with zero attached hydrogens (tertiary/aromatic N) is 2. The van der Waals surface area contributed by atoms with Crippen LogP contribution in [0.15, 0.2) is 18.2 Å². The van der Waals surface area contributed by atoms with Gasteiger partial charge in [0.25, 0.3) is 0 Å². The third-order valence-corrected chi connectivity index (χ3v) is 4.91. The maximum Gasteiger partial charge on any atom is 0.0595 e. The van der Waals surface area contributed by atoms with Gasteiger partial charge in [-0.25, -0.2) is 0 Å². The molecule has 1 aromatic carbocycles. The van der Waals surface area contributed by atoms with Crippen molar-refractivity contribution in [2.75, 3.05) is 40.8 Å². The van der Waals surface area contributed by atoms with Crippen molar-refractivity contribution in [2.45, 2.75) is 18.5 Å². The van der Waals surface area contributed by atoms with E-state index in [2.05, 4.69) is 35.3 Å². The molecule has 3 nitrogen and oxygen atoms in total. The molecule has 1 aliphatic rings.